The minimum Gasteiger partial charge on any atom is -0.455 e. The first kappa shape index (κ1) is 11.1. The Balaban J connectivity index is 2.26. The molecule has 0 aliphatic heterocycles. The number of hydrogen-bond acceptors (Lipinski definition) is 2. The Hall–Kier alpha value is -1.38. The summed E-state index contributed by atoms with van der Waals surface area (Å²) < 4.78 is 5.58. The number of nitrogens with two attached hydrogens (primary N) is 1. The van der Waals surface area contributed by atoms with Crippen LogP contribution in [0.4, 0.5) is 5.69 Å². The van der Waals surface area contributed by atoms with Crippen LogP contribution in [0.25, 0.3) is 0 Å². The van der Waals surface area contributed by atoms with E-state index < -0.39 is 0 Å². The van der Waals surface area contributed by atoms with Gasteiger partial charge in [0.2, 0.25) is 0 Å². The average Bonchev–Trinajstić information content (AvgIpc) is 2.27. The van der Waals surface area contributed by atoms with Gasteiger partial charge in [-0.15, -0.1) is 0 Å². The van der Waals surface area contributed by atoms with Gasteiger partial charge in [0.15, 0.2) is 5.75 Å². The summed E-state index contributed by atoms with van der Waals surface area (Å²) in [6.45, 7) is 0. The molecule has 2 rings (SSSR count). The normalized spacial score (nSPS) is 10.1. The van der Waals surface area contributed by atoms with Crippen LogP contribution < -0.4 is 10.5 Å². The molecule has 2 aromatic rings. The second-order valence-corrected chi connectivity index (χ2v) is 4.11. The zero-order valence-electron chi connectivity index (χ0n) is 8.28. The summed E-state index contributed by atoms with van der Waals surface area (Å²) in [6, 6.07) is 12.1. The predicted octanol–water partition coefficient (Wildman–Crippen LogP) is 4.37. The van der Waals surface area contributed by atoms with Crippen molar-refractivity contribution in [2.75, 3.05) is 5.73 Å². The van der Waals surface area contributed by atoms with Crippen LogP contribution in [-0.4, -0.2) is 0 Å². The van der Waals surface area contributed by atoms with Gasteiger partial charge in [-0.2, -0.15) is 0 Å². The molecule has 2 nitrogen and oxygen atoms in total. The van der Waals surface area contributed by atoms with Crippen molar-refractivity contribution in [2.24, 2.45) is 0 Å². The number of anilines is 1. The highest BCUT2D eigenvalue weighted by Crippen LogP contribution is 2.30. The van der Waals surface area contributed by atoms with E-state index in [1.54, 1.807) is 42.5 Å². The minimum absolute atomic E-state index is 0.537. The Morgan fingerprint density at radius 2 is 1.50 bits per heavy atom. The van der Waals surface area contributed by atoms with E-state index >= 15 is 0 Å². The quantitative estimate of drug-likeness (QED) is 0.807. The van der Waals surface area contributed by atoms with Crippen LogP contribution in [0.1, 0.15) is 0 Å². The van der Waals surface area contributed by atoms with Crippen molar-refractivity contribution in [3.63, 3.8) is 0 Å². The number of halogens is 2. The van der Waals surface area contributed by atoms with E-state index in [9.17, 15) is 0 Å². The van der Waals surface area contributed by atoms with Gasteiger partial charge in [0.1, 0.15) is 5.75 Å². The molecule has 0 unspecified atom stereocenters. The molecule has 4 heteroatoms. The molecule has 82 valence electrons. The second kappa shape index (κ2) is 4.64. The van der Waals surface area contributed by atoms with Crippen LogP contribution in [-0.2, 0) is 0 Å². The molecule has 0 radical (unpaired) electrons. The Bertz CT molecular complexity index is 497. The molecule has 0 atom stereocenters. The number of hydrogen-bond donors (Lipinski definition) is 1. The van der Waals surface area contributed by atoms with Crippen LogP contribution in [0.15, 0.2) is 42.5 Å². The van der Waals surface area contributed by atoms with Crippen LogP contribution in [0, 0.1) is 0 Å². The molecule has 0 saturated heterocycles. The van der Waals surface area contributed by atoms with Crippen molar-refractivity contribution in [3.05, 3.63) is 52.5 Å². The van der Waals surface area contributed by atoms with Crippen LogP contribution in [0.3, 0.4) is 0 Å². The Kier molecular flexibility index (Phi) is 3.22. The van der Waals surface area contributed by atoms with Gasteiger partial charge in [0, 0.05) is 16.1 Å². The topological polar surface area (TPSA) is 35.2 Å². The first-order chi connectivity index (χ1) is 7.65. The zero-order chi connectivity index (χ0) is 11.5. The lowest BCUT2D eigenvalue weighted by molar-refractivity contribution is 0.485. The van der Waals surface area contributed by atoms with E-state index in [4.69, 9.17) is 33.7 Å². The number of benzene rings is 2. The maximum absolute atomic E-state index is 5.85. The summed E-state index contributed by atoms with van der Waals surface area (Å²) >= 11 is 11.6. The van der Waals surface area contributed by atoms with Crippen molar-refractivity contribution >= 4 is 28.9 Å². The number of ether oxygens (including phenoxy) is 1. The summed E-state index contributed by atoms with van der Waals surface area (Å²) in [6.07, 6.45) is 0. The lowest BCUT2D eigenvalue weighted by atomic mass is 10.3. The Morgan fingerprint density at radius 3 is 2.19 bits per heavy atom. The van der Waals surface area contributed by atoms with E-state index in [1.807, 2.05) is 0 Å². The number of rotatable bonds is 2. The number of nitrogen functional groups attached to an aromatic ring is 1. The van der Waals surface area contributed by atoms with Crippen molar-refractivity contribution < 1.29 is 4.74 Å². The monoisotopic (exact) mass is 253 g/mol. The summed E-state index contributed by atoms with van der Waals surface area (Å²) in [5.41, 5.74) is 6.30. The zero-order valence-corrected chi connectivity index (χ0v) is 9.79. The fourth-order valence-corrected chi connectivity index (χ4v) is 1.51. The van der Waals surface area contributed by atoms with Crippen molar-refractivity contribution in [1.82, 2.24) is 0 Å². The SMILES string of the molecule is Nc1ccc(Cl)cc1Oc1ccc(Cl)cc1. The molecule has 0 amide bonds. The third-order valence-corrected chi connectivity index (χ3v) is 2.50. The van der Waals surface area contributed by atoms with Gasteiger partial charge in [-0.25, -0.2) is 0 Å². The Morgan fingerprint density at radius 1 is 0.875 bits per heavy atom. The maximum atomic E-state index is 5.85. The molecule has 2 N–H and O–H groups in total. The first-order valence-electron chi connectivity index (χ1n) is 4.63. The third-order valence-electron chi connectivity index (χ3n) is 2.02. The first-order valence-corrected chi connectivity index (χ1v) is 5.39. The van der Waals surface area contributed by atoms with E-state index in [0.29, 0.717) is 27.2 Å². The maximum Gasteiger partial charge on any atom is 0.151 e. The van der Waals surface area contributed by atoms with Crippen molar-refractivity contribution in [3.8, 4) is 11.5 Å². The van der Waals surface area contributed by atoms with Gasteiger partial charge < -0.3 is 10.5 Å². The molecule has 0 saturated carbocycles. The highest BCUT2D eigenvalue weighted by Gasteiger charge is 2.03. The summed E-state index contributed by atoms with van der Waals surface area (Å²) in [7, 11) is 0. The summed E-state index contributed by atoms with van der Waals surface area (Å²) in [5, 5.41) is 1.24. The molecule has 2 aromatic carbocycles. The largest absolute Gasteiger partial charge is 0.455 e. The molecule has 0 heterocycles. The lowest BCUT2D eigenvalue weighted by Gasteiger charge is -2.08. The predicted molar refractivity (Wildman–Crippen MR) is 67.4 cm³/mol. The molecule has 0 aliphatic carbocycles. The lowest BCUT2D eigenvalue weighted by Crippen LogP contribution is -1.91. The van der Waals surface area contributed by atoms with Crippen LogP contribution in [0.2, 0.25) is 10.0 Å². The summed E-state index contributed by atoms with van der Waals surface area (Å²) in [5.74, 6) is 1.20. The van der Waals surface area contributed by atoms with Gasteiger partial charge in [0.05, 0.1) is 5.69 Å². The van der Waals surface area contributed by atoms with Gasteiger partial charge in [0.25, 0.3) is 0 Å². The van der Waals surface area contributed by atoms with Gasteiger partial charge in [-0.3, -0.25) is 0 Å². The standard InChI is InChI=1S/C12H9Cl2NO/c13-8-1-4-10(5-2-8)16-12-7-9(14)3-6-11(12)15/h1-7H,15H2. The molecular weight excluding hydrogens is 245 g/mol. The van der Waals surface area contributed by atoms with E-state index in [0.717, 1.165) is 0 Å². The highest BCUT2D eigenvalue weighted by atomic mass is 35.5. The molecule has 0 spiro atoms. The fraction of sp³-hybridized carbons (Fsp3) is 0. The van der Waals surface area contributed by atoms with Crippen LogP contribution >= 0.6 is 23.2 Å². The molecule has 0 aromatic heterocycles. The molecular formula is C12H9Cl2NO. The van der Waals surface area contributed by atoms with Gasteiger partial charge >= 0.3 is 0 Å². The second-order valence-electron chi connectivity index (χ2n) is 3.24. The summed E-state index contributed by atoms with van der Waals surface area (Å²) in [4.78, 5) is 0. The average molecular weight is 254 g/mol. The minimum atomic E-state index is 0.537. The molecule has 0 fully saturated rings. The molecule has 0 aliphatic rings. The van der Waals surface area contributed by atoms with E-state index in [-0.39, 0.29) is 0 Å². The highest BCUT2D eigenvalue weighted by molar-refractivity contribution is 6.31. The molecule has 0 bridgehead atoms. The third kappa shape index (κ3) is 2.60. The Labute approximate surface area is 104 Å². The van der Waals surface area contributed by atoms with Gasteiger partial charge in [-0.05, 0) is 36.4 Å². The van der Waals surface area contributed by atoms with Crippen LogP contribution in [0.5, 0.6) is 11.5 Å². The van der Waals surface area contributed by atoms with Crippen molar-refractivity contribution in [2.45, 2.75) is 0 Å². The van der Waals surface area contributed by atoms with Crippen molar-refractivity contribution in [1.29, 1.82) is 0 Å². The smallest absolute Gasteiger partial charge is 0.151 e. The molecule has 16 heavy (non-hydrogen) atoms. The van der Waals surface area contributed by atoms with E-state index in [1.165, 1.54) is 0 Å². The fourth-order valence-electron chi connectivity index (χ4n) is 1.23. The van der Waals surface area contributed by atoms with Gasteiger partial charge in [-0.1, -0.05) is 23.2 Å². The van der Waals surface area contributed by atoms with E-state index in [2.05, 4.69) is 0 Å².